The summed E-state index contributed by atoms with van der Waals surface area (Å²) in [5.74, 6) is 0.784. The van der Waals surface area contributed by atoms with Crippen LogP contribution in [0.3, 0.4) is 0 Å². The number of pyridine rings is 1. The number of amides is 1. The fourth-order valence-electron chi connectivity index (χ4n) is 4.22. The van der Waals surface area contributed by atoms with Gasteiger partial charge >= 0.3 is 6.18 Å². The topological polar surface area (TPSA) is 48.5 Å². The zero-order valence-corrected chi connectivity index (χ0v) is 16.3. The SMILES string of the molecule is CC(=O)NC1CCC(CCN2CCN(c3ccc(C(F)(F)F)nc3)CC2)CC1. The first-order valence-electron chi connectivity index (χ1n) is 10.1. The highest BCUT2D eigenvalue weighted by molar-refractivity contribution is 5.73. The second kappa shape index (κ2) is 9.11. The molecule has 2 aliphatic rings. The lowest BCUT2D eigenvalue weighted by Crippen LogP contribution is -2.47. The molecule has 1 saturated carbocycles. The fourth-order valence-corrected chi connectivity index (χ4v) is 4.22. The molecule has 1 aromatic rings. The molecule has 1 aromatic heterocycles. The van der Waals surface area contributed by atoms with Crippen LogP contribution in [0.25, 0.3) is 0 Å². The van der Waals surface area contributed by atoms with Gasteiger partial charge in [-0.2, -0.15) is 13.2 Å². The predicted octanol–water partition coefficient (Wildman–Crippen LogP) is 3.31. The van der Waals surface area contributed by atoms with Crippen LogP contribution in [0, 0.1) is 5.92 Å². The lowest BCUT2D eigenvalue weighted by Gasteiger charge is -2.37. The van der Waals surface area contributed by atoms with Gasteiger partial charge in [0.05, 0.1) is 11.9 Å². The minimum atomic E-state index is -4.39. The van der Waals surface area contributed by atoms with Crippen molar-refractivity contribution in [2.24, 2.45) is 5.92 Å². The Hall–Kier alpha value is -1.83. The third-order valence-corrected chi connectivity index (χ3v) is 5.88. The van der Waals surface area contributed by atoms with Crippen LogP contribution in [0.1, 0.15) is 44.7 Å². The number of aromatic nitrogens is 1. The van der Waals surface area contributed by atoms with E-state index in [9.17, 15) is 18.0 Å². The highest BCUT2D eigenvalue weighted by Crippen LogP contribution is 2.29. The summed E-state index contributed by atoms with van der Waals surface area (Å²) in [6.45, 7) is 6.09. The van der Waals surface area contributed by atoms with Crippen molar-refractivity contribution in [2.75, 3.05) is 37.6 Å². The van der Waals surface area contributed by atoms with Crippen molar-refractivity contribution in [1.82, 2.24) is 15.2 Å². The molecule has 3 rings (SSSR count). The smallest absolute Gasteiger partial charge is 0.368 e. The Morgan fingerprint density at radius 3 is 2.36 bits per heavy atom. The molecule has 0 spiro atoms. The van der Waals surface area contributed by atoms with Crippen molar-refractivity contribution in [3.63, 3.8) is 0 Å². The Labute approximate surface area is 164 Å². The number of hydrogen-bond donors (Lipinski definition) is 1. The second-order valence-corrected chi connectivity index (χ2v) is 7.93. The van der Waals surface area contributed by atoms with Gasteiger partial charge in [-0.05, 0) is 56.7 Å². The predicted molar refractivity (Wildman–Crippen MR) is 102 cm³/mol. The maximum Gasteiger partial charge on any atom is 0.433 e. The van der Waals surface area contributed by atoms with Gasteiger partial charge in [-0.3, -0.25) is 9.69 Å². The lowest BCUT2D eigenvalue weighted by atomic mass is 9.84. The van der Waals surface area contributed by atoms with Crippen LogP contribution in [-0.2, 0) is 11.0 Å². The Morgan fingerprint density at radius 1 is 1.14 bits per heavy atom. The molecule has 0 radical (unpaired) electrons. The van der Waals surface area contributed by atoms with Crippen molar-refractivity contribution < 1.29 is 18.0 Å². The van der Waals surface area contributed by atoms with Crippen LogP contribution in [0.5, 0.6) is 0 Å². The normalized spacial score (nSPS) is 24.2. The molecule has 8 heteroatoms. The van der Waals surface area contributed by atoms with Crippen LogP contribution in [0.15, 0.2) is 18.3 Å². The number of hydrogen-bond acceptors (Lipinski definition) is 4. The van der Waals surface area contributed by atoms with Crippen LogP contribution in [0.2, 0.25) is 0 Å². The number of rotatable bonds is 5. The van der Waals surface area contributed by atoms with E-state index in [0.29, 0.717) is 6.04 Å². The van der Waals surface area contributed by atoms with Gasteiger partial charge in [0.15, 0.2) is 0 Å². The van der Waals surface area contributed by atoms with Gasteiger partial charge in [0.25, 0.3) is 0 Å². The van der Waals surface area contributed by atoms with E-state index in [1.807, 2.05) is 0 Å². The molecule has 5 nitrogen and oxygen atoms in total. The Morgan fingerprint density at radius 2 is 1.82 bits per heavy atom. The second-order valence-electron chi connectivity index (χ2n) is 7.93. The van der Waals surface area contributed by atoms with E-state index in [2.05, 4.69) is 20.1 Å². The molecule has 0 atom stereocenters. The molecule has 1 aliphatic carbocycles. The molecule has 0 unspecified atom stereocenters. The summed E-state index contributed by atoms with van der Waals surface area (Å²) in [5, 5.41) is 3.02. The van der Waals surface area contributed by atoms with Gasteiger partial charge in [0, 0.05) is 39.1 Å². The first kappa shape index (κ1) is 20.9. The highest BCUT2D eigenvalue weighted by atomic mass is 19.4. The zero-order valence-electron chi connectivity index (χ0n) is 16.3. The summed E-state index contributed by atoms with van der Waals surface area (Å²) in [6.07, 6.45) is 2.58. The van der Waals surface area contributed by atoms with Gasteiger partial charge in [0.2, 0.25) is 5.91 Å². The summed E-state index contributed by atoms with van der Waals surface area (Å²) >= 11 is 0. The molecule has 1 amide bonds. The standard InChI is InChI=1S/C20H29F3N4O/c1-15(28)25-17-4-2-16(3-5-17)8-9-26-10-12-27(13-11-26)18-6-7-19(24-14-18)20(21,22)23/h6-7,14,16-17H,2-5,8-13H2,1H3,(H,25,28). The van der Waals surface area contributed by atoms with E-state index in [1.165, 1.54) is 31.5 Å². The summed E-state index contributed by atoms with van der Waals surface area (Å²) in [4.78, 5) is 19.2. The van der Waals surface area contributed by atoms with Crippen molar-refractivity contribution in [3.05, 3.63) is 24.0 Å². The largest absolute Gasteiger partial charge is 0.433 e. The quantitative estimate of drug-likeness (QED) is 0.827. The maximum absolute atomic E-state index is 12.6. The van der Waals surface area contributed by atoms with Crippen molar-refractivity contribution in [1.29, 1.82) is 0 Å². The summed E-state index contributed by atoms with van der Waals surface area (Å²) in [7, 11) is 0. The average Bonchev–Trinajstić information content (AvgIpc) is 2.67. The summed E-state index contributed by atoms with van der Waals surface area (Å²) < 4.78 is 37.9. The monoisotopic (exact) mass is 398 g/mol. The van der Waals surface area contributed by atoms with Crippen LogP contribution in [0.4, 0.5) is 18.9 Å². The highest BCUT2D eigenvalue weighted by Gasteiger charge is 2.32. The van der Waals surface area contributed by atoms with Crippen molar-refractivity contribution >= 4 is 11.6 Å². The molecule has 1 saturated heterocycles. The number of halogens is 3. The van der Waals surface area contributed by atoms with Gasteiger partial charge in [-0.15, -0.1) is 0 Å². The van der Waals surface area contributed by atoms with Crippen LogP contribution < -0.4 is 10.2 Å². The van der Waals surface area contributed by atoms with Gasteiger partial charge in [-0.25, -0.2) is 4.98 Å². The molecule has 156 valence electrons. The average molecular weight is 398 g/mol. The van der Waals surface area contributed by atoms with Gasteiger partial charge in [-0.1, -0.05) is 0 Å². The molecule has 2 fully saturated rings. The summed E-state index contributed by atoms with van der Waals surface area (Å²) in [6, 6.07) is 2.91. The van der Waals surface area contributed by atoms with E-state index < -0.39 is 11.9 Å². The van der Waals surface area contributed by atoms with E-state index in [-0.39, 0.29) is 5.91 Å². The Balaban J connectivity index is 1.37. The van der Waals surface area contributed by atoms with E-state index in [0.717, 1.165) is 63.2 Å². The van der Waals surface area contributed by atoms with E-state index >= 15 is 0 Å². The van der Waals surface area contributed by atoms with E-state index in [1.54, 1.807) is 6.92 Å². The molecular formula is C20H29F3N4O. The third-order valence-electron chi connectivity index (χ3n) is 5.88. The summed E-state index contributed by atoms with van der Waals surface area (Å²) in [5.41, 5.74) is -0.0907. The first-order chi connectivity index (χ1) is 13.3. The Bertz CT molecular complexity index is 634. The van der Waals surface area contributed by atoms with Crippen molar-refractivity contribution in [2.45, 2.75) is 51.2 Å². The van der Waals surface area contributed by atoms with Crippen molar-refractivity contribution in [3.8, 4) is 0 Å². The molecule has 1 N–H and O–H groups in total. The number of anilines is 1. The Kier molecular flexibility index (Phi) is 6.80. The minimum Gasteiger partial charge on any atom is -0.368 e. The number of carbonyl (C=O) groups excluding carboxylic acids is 1. The number of carbonyl (C=O) groups is 1. The van der Waals surface area contributed by atoms with Crippen LogP contribution in [-0.4, -0.2) is 54.6 Å². The zero-order chi connectivity index (χ0) is 20.1. The molecule has 2 heterocycles. The van der Waals surface area contributed by atoms with E-state index in [4.69, 9.17) is 0 Å². The molecule has 0 aromatic carbocycles. The van der Waals surface area contributed by atoms with Crippen LogP contribution >= 0.6 is 0 Å². The maximum atomic E-state index is 12.6. The fraction of sp³-hybridized carbons (Fsp3) is 0.700. The lowest BCUT2D eigenvalue weighted by molar-refractivity contribution is -0.141. The van der Waals surface area contributed by atoms with Gasteiger partial charge < -0.3 is 10.2 Å². The first-order valence-corrected chi connectivity index (χ1v) is 10.1. The molecule has 28 heavy (non-hydrogen) atoms. The third kappa shape index (κ3) is 5.83. The molecule has 0 bridgehead atoms. The molecular weight excluding hydrogens is 369 g/mol. The molecule has 1 aliphatic heterocycles. The number of nitrogens with zero attached hydrogens (tertiary/aromatic N) is 3. The number of piperazine rings is 1. The minimum absolute atomic E-state index is 0.0598. The number of alkyl halides is 3. The number of nitrogens with one attached hydrogen (secondary N) is 1. The van der Waals surface area contributed by atoms with Gasteiger partial charge in [0.1, 0.15) is 5.69 Å².